The zero-order valence-corrected chi connectivity index (χ0v) is 7.71. The van der Waals surface area contributed by atoms with E-state index >= 15 is 0 Å². The molecular weight excluding hydrogens is 168 g/mol. The molecular formula is C9H16N2O2. The summed E-state index contributed by atoms with van der Waals surface area (Å²) in [4.78, 5) is 11.7. The molecule has 0 radical (unpaired) electrons. The van der Waals surface area contributed by atoms with E-state index in [1.165, 1.54) is 0 Å². The third kappa shape index (κ3) is 1.69. The number of nitrogens with two attached hydrogens (primary N) is 1. The van der Waals surface area contributed by atoms with E-state index in [4.69, 9.17) is 10.5 Å². The first-order valence-corrected chi connectivity index (χ1v) is 4.88. The summed E-state index contributed by atoms with van der Waals surface area (Å²) in [5, 5.41) is 2.91. The molecule has 74 valence electrons. The first-order valence-electron chi connectivity index (χ1n) is 4.88. The summed E-state index contributed by atoms with van der Waals surface area (Å²) in [6.45, 7) is 1.28. The fourth-order valence-corrected chi connectivity index (χ4v) is 1.88. The highest BCUT2D eigenvalue weighted by Gasteiger charge is 2.38. The summed E-state index contributed by atoms with van der Waals surface area (Å²) in [6.07, 6.45) is 3.80. The zero-order valence-electron chi connectivity index (χ0n) is 7.71. The zero-order chi connectivity index (χ0) is 9.31. The lowest BCUT2D eigenvalue weighted by molar-refractivity contribution is -0.130. The highest BCUT2D eigenvalue weighted by Crippen LogP contribution is 2.27. The van der Waals surface area contributed by atoms with E-state index in [2.05, 4.69) is 5.32 Å². The van der Waals surface area contributed by atoms with Crippen molar-refractivity contribution in [3.05, 3.63) is 0 Å². The van der Waals surface area contributed by atoms with Crippen molar-refractivity contribution in [2.24, 2.45) is 5.73 Å². The Kier molecular flexibility index (Phi) is 2.26. The second-order valence-electron chi connectivity index (χ2n) is 4.07. The molecule has 13 heavy (non-hydrogen) atoms. The van der Waals surface area contributed by atoms with Crippen molar-refractivity contribution in [1.29, 1.82) is 0 Å². The van der Waals surface area contributed by atoms with Crippen LogP contribution < -0.4 is 11.1 Å². The number of amides is 1. The van der Waals surface area contributed by atoms with Crippen LogP contribution in [0.5, 0.6) is 0 Å². The van der Waals surface area contributed by atoms with Crippen molar-refractivity contribution in [3.63, 3.8) is 0 Å². The molecule has 2 fully saturated rings. The van der Waals surface area contributed by atoms with Crippen LogP contribution >= 0.6 is 0 Å². The summed E-state index contributed by atoms with van der Waals surface area (Å²) < 4.78 is 4.98. The predicted molar refractivity (Wildman–Crippen MR) is 48.1 cm³/mol. The van der Waals surface area contributed by atoms with E-state index in [-0.39, 0.29) is 11.9 Å². The number of rotatable bonds is 2. The monoisotopic (exact) mass is 184 g/mol. The SMILES string of the molecule is NC1(C(=O)NC2COC2)CCCC1. The van der Waals surface area contributed by atoms with Gasteiger partial charge in [0, 0.05) is 0 Å². The van der Waals surface area contributed by atoms with Crippen molar-refractivity contribution in [3.8, 4) is 0 Å². The second-order valence-corrected chi connectivity index (χ2v) is 4.07. The number of hydrogen-bond donors (Lipinski definition) is 2. The lowest BCUT2D eigenvalue weighted by Gasteiger charge is -2.31. The molecule has 4 nitrogen and oxygen atoms in total. The summed E-state index contributed by atoms with van der Waals surface area (Å²) in [6, 6.07) is 0.202. The van der Waals surface area contributed by atoms with Gasteiger partial charge in [0.05, 0.1) is 24.8 Å². The quantitative estimate of drug-likeness (QED) is 0.623. The number of carbonyl (C=O) groups is 1. The molecule has 1 amide bonds. The van der Waals surface area contributed by atoms with Gasteiger partial charge >= 0.3 is 0 Å². The number of hydrogen-bond acceptors (Lipinski definition) is 3. The lowest BCUT2D eigenvalue weighted by Crippen LogP contribution is -2.58. The van der Waals surface area contributed by atoms with Gasteiger partial charge in [-0.25, -0.2) is 0 Å². The Bertz CT molecular complexity index is 208. The minimum Gasteiger partial charge on any atom is -0.377 e. The van der Waals surface area contributed by atoms with Crippen molar-refractivity contribution in [1.82, 2.24) is 5.32 Å². The minimum absolute atomic E-state index is 0.0123. The van der Waals surface area contributed by atoms with Crippen LogP contribution in [0.1, 0.15) is 25.7 Å². The number of nitrogens with one attached hydrogen (secondary N) is 1. The van der Waals surface area contributed by atoms with E-state index in [0.717, 1.165) is 25.7 Å². The third-order valence-corrected chi connectivity index (χ3v) is 2.92. The van der Waals surface area contributed by atoms with Crippen molar-refractivity contribution in [2.45, 2.75) is 37.3 Å². The molecule has 1 saturated carbocycles. The van der Waals surface area contributed by atoms with Gasteiger partial charge in [0.2, 0.25) is 5.91 Å². The van der Waals surface area contributed by atoms with Crippen LogP contribution in [0, 0.1) is 0 Å². The highest BCUT2D eigenvalue weighted by atomic mass is 16.5. The van der Waals surface area contributed by atoms with Gasteiger partial charge in [0.15, 0.2) is 0 Å². The largest absolute Gasteiger partial charge is 0.377 e. The molecule has 1 heterocycles. The topological polar surface area (TPSA) is 64.4 Å². The van der Waals surface area contributed by atoms with Gasteiger partial charge < -0.3 is 15.8 Å². The maximum absolute atomic E-state index is 11.7. The maximum atomic E-state index is 11.7. The number of ether oxygens (including phenoxy) is 1. The molecule has 1 aliphatic heterocycles. The second kappa shape index (κ2) is 3.27. The van der Waals surface area contributed by atoms with Gasteiger partial charge in [-0.3, -0.25) is 4.79 Å². The van der Waals surface area contributed by atoms with Crippen LogP contribution in [0.2, 0.25) is 0 Å². The molecule has 1 saturated heterocycles. The van der Waals surface area contributed by atoms with E-state index < -0.39 is 5.54 Å². The van der Waals surface area contributed by atoms with Gasteiger partial charge in [-0.1, -0.05) is 12.8 Å². The molecule has 1 aliphatic carbocycles. The van der Waals surface area contributed by atoms with Gasteiger partial charge in [-0.15, -0.1) is 0 Å². The summed E-state index contributed by atoms with van der Waals surface area (Å²) in [5.74, 6) is 0.0123. The first-order chi connectivity index (χ1) is 6.21. The molecule has 0 aromatic carbocycles. The Balaban J connectivity index is 1.87. The molecule has 0 unspecified atom stereocenters. The van der Waals surface area contributed by atoms with E-state index in [0.29, 0.717) is 13.2 Å². The lowest BCUT2D eigenvalue weighted by atomic mass is 9.97. The van der Waals surface area contributed by atoms with E-state index in [1.54, 1.807) is 0 Å². The fraction of sp³-hybridized carbons (Fsp3) is 0.889. The van der Waals surface area contributed by atoms with Crippen LogP contribution in [-0.4, -0.2) is 30.7 Å². The molecule has 0 spiro atoms. The molecule has 2 rings (SSSR count). The van der Waals surface area contributed by atoms with Crippen LogP contribution in [0.3, 0.4) is 0 Å². The van der Waals surface area contributed by atoms with Crippen molar-refractivity contribution >= 4 is 5.91 Å². The molecule has 0 aromatic heterocycles. The Morgan fingerprint density at radius 1 is 1.38 bits per heavy atom. The van der Waals surface area contributed by atoms with E-state index in [1.807, 2.05) is 0 Å². The summed E-state index contributed by atoms with van der Waals surface area (Å²) in [5.41, 5.74) is 5.39. The smallest absolute Gasteiger partial charge is 0.240 e. The van der Waals surface area contributed by atoms with Crippen molar-refractivity contribution < 1.29 is 9.53 Å². The molecule has 0 bridgehead atoms. The molecule has 3 N–H and O–H groups in total. The van der Waals surface area contributed by atoms with Crippen LogP contribution in [0.25, 0.3) is 0 Å². The third-order valence-electron chi connectivity index (χ3n) is 2.92. The van der Waals surface area contributed by atoms with Gasteiger partial charge in [-0.05, 0) is 12.8 Å². The minimum atomic E-state index is -0.588. The Morgan fingerprint density at radius 3 is 2.46 bits per heavy atom. The van der Waals surface area contributed by atoms with Crippen LogP contribution in [-0.2, 0) is 9.53 Å². The Labute approximate surface area is 77.8 Å². The van der Waals surface area contributed by atoms with Gasteiger partial charge in [-0.2, -0.15) is 0 Å². The molecule has 0 atom stereocenters. The van der Waals surface area contributed by atoms with Gasteiger partial charge in [0.25, 0.3) is 0 Å². The van der Waals surface area contributed by atoms with E-state index in [9.17, 15) is 4.79 Å². The normalized spacial score (nSPS) is 26.8. The van der Waals surface area contributed by atoms with Crippen LogP contribution in [0.15, 0.2) is 0 Å². The number of carbonyl (C=O) groups excluding carboxylic acids is 1. The first kappa shape index (κ1) is 8.97. The average molecular weight is 184 g/mol. The molecule has 4 heteroatoms. The standard InChI is InChI=1S/C9H16N2O2/c10-9(3-1-2-4-9)8(12)11-7-5-13-6-7/h7H,1-6,10H2,(H,11,12). The molecule has 2 aliphatic rings. The summed E-state index contributed by atoms with van der Waals surface area (Å²) in [7, 11) is 0. The molecule has 0 aromatic rings. The predicted octanol–water partition coefficient (Wildman–Crippen LogP) is -0.227. The Hall–Kier alpha value is -0.610. The maximum Gasteiger partial charge on any atom is 0.240 e. The van der Waals surface area contributed by atoms with Gasteiger partial charge in [0.1, 0.15) is 0 Å². The fourth-order valence-electron chi connectivity index (χ4n) is 1.88. The summed E-state index contributed by atoms with van der Waals surface area (Å²) >= 11 is 0. The highest BCUT2D eigenvalue weighted by molar-refractivity contribution is 5.86. The van der Waals surface area contributed by atoms with Crippen molar-refractivity contribution in [2.75, 3.05) is 13.2 Å². The Morgan fingerprint density at radius 2 is 2.00 bits per heavy atom. The average Bonchev–Trinajstić information content (AvgIpc) is 2.45. The van der Waals surface area contributed by atoms with Crippen LogP contribution in [0.4, 0.5) is 0 Å².